The fourth-order valence-corrected chi connectivity index (χ4v) is 2.73. The molecule has 2 unspecified atom stereocenters. The largest absolute Gasteiger partial charge is 0.384 e. The second kappa shape index (κ2) is 3.60. The van der Waals surface area contributed by atoms with Crippen molar-refractivity contribution < 1.29 is 8.98 Å². The third kappa shape index (κ3) is 2.50. The zero-order valence-electron chi connectivity index (χ0n) is 6.48. The number of hydrogen-bond donors (Lipinski definition) is 1. The molecule has 0 aromatic heterocycles. The molecule has 0 bridgehead atoms. The van der Waals surface area contributed by atoms with Gasteiger partial charge in [-0.05, 0) is 11.3 Å². The number of nitrogens with zero attached hydrogens (tertiary/aromatic N) is 1. The molecular weight excluding hydrogens is 182 g/mol. The molecule has 3 nitrogen and oxygen atoms in total. The van der Waals surface area contributed by atoms with Crippen LogP contribution in [-0.4, -0.2) is 21.6 Å². The predicted molar refractivity (Wildman–Crippen MR) is 50.3 cm³/mol. The number of carbonyl (C=O) groups is 1. The number of carbonyl (C=O) groups excluding carboxylic acids is 1. The smallest absolute Gasteiger partial charge is 0.315 e. The van der Waals surface area contributed by atoms with Gasteiger partial charge in [0.2, 0.25) is 0 Å². The average Bonchev–Trinajstić information content (AvgIpc) is 2.09. The first-order chi connectivity index (χ1) is 5.09. The molecule has 0 aromatic rings. The molecule has 1 aliphatic rings. The van der Waals surface area contributed by atoms with Crippen molar-refractivity contribution in [1.82, 2.24) is 3.71 Å². The van der Waals surface area contributed by atoms with Gasteiger partial charge in [-0.15, -0.1) is 0 Å². The van der Waals surface area contributed by atoms with Gasteiger partial charge in [-0.1, -0.05) is 19.7 Å². The van der Waals surface area contributed by atoms with Crippen LogP contribution in [0.4, 0.5) is 0 Å². The van der Waals surface area contributed by atoms with E-state index in [0.29, 0.717) is 5.92 Å². The molecule has 0 fully saturated rings. The van der Waals surface area contributed by atoms with E-state index in [9.17, 15) is 4.79 Å². The Kier molecular flexibility index (Phi) is 2.98. The normalized spacial score (nSPS) is 31.5. The summed E-state index contributed by atoms with van der Waals surface area (Å²) in [6, 6.07) is 0. The van der Waals surface area contributed by atoms with Crippen LogP contribution >= 0.6 is 23.8 Å². The lowest BCUT2D eigenvalue weighted by molar-refractivity contribution is -0.130. The number of thiol groups is 1. The first-order valence-electron chi connectivity index (χ1n) is 3.33. The topological polar surface area (TPSA) is 29.5 Å². The summed E-state index contributed by atoms with van der Waals surface area (Å²) < 4.78 is 6.72. The molecule has 2 atom stereocenters. The molecule has 0 spiro atoms. The third-order valence-electron chi connectivity index (χ3n) is 1.20. The first kappa shape index (κ1) is 9.09. The van der Waals surface area contributed by atoms with Crippen molar-refractivity contribution in [1.29, 1.82) is 0 Å². The van der Waals surface area contributed by atoms with Gasteiger partial charge in [0, 0.05) is 13.5 Å². The lowest BCUT2D eigenvalue weighted by atomic mass is 10.2. The molecule has 0 aromatic carbocycles. The molecule has 0 N–H and O–H groups in total. The second-order valence-corrected chi connectivity index (χ2v) is 4.68. The maximum atomic E-state index is 10.6. The van der Waals surface area contributed by atoms with Gasteiger partial charge in [-0.3, -0.25) is 4.79 Å². The van der Waals surface area contributed by atoms with E-state index in [0.717, 1.165) is 6.54 Å². The minimum Gasteiger partial charge on any atom is -0.384 e. The van der Waals surface area contributed by atoms with Crippen molar-refractivity contribution in [3.05, 3.63) is 0 Å². The summed E-state index contributed by atoms with van der Waals surface area (Å²) in [6.45, 7) is 4.32. The summed E-state index contributed by atoms with van der Waals surface area (Å²) in [4.78, 5) is 10.6. The van der Waals surface area contributed by atoms with Gasteiger partial charge in [0.25, 0.3) is 0 Å². The highest BCUT2D eigenvalue weighted by atomic mass is 32.2. The molecular formula is C6H11NO2S2. The second-order valence-electron chi connectivity index (χ2n) is 2.50. The van der Waals surface area contributed by atoms with Crippen LogP contribution in [0.5, 0.6) is 0 Å². The van der Waals surface area contributed by atoms with E-state index in [4.69, 9.17) is 4.18 Å². The maximum Gasteiger partial charge on any atom is 0.315 e. The van der Waals surface area contributed by atoms with Gasteiger partial charge in [0.05, 0.1) is 11.0 Å². The van der Waals surface area contributed by atoms with Crippen LogP contribution in [0.15, 0.2) is 0 Å². The molecule has 1 aliphatic heterocycles. The molecule has 1 heterocycles. The van der Waals surface area contributed by atoms with Gasteiger partial charge in [0.15, 0.2) is 0 Å². The fourth-order valence-electron chi connectivity index (χ4n) is 0.823. The minimum absolute atomic E-state index is 0.252. The van der Waals surface area contributed by atoms with Crippen LogP contribution < -0.4 is 0 Å². The number of hydrogen-bond acceptors (Lipinski definition) is 4. The molecule has 0 radical (unpaired) electrons. The summed E-state index contributed by atoms with van der Waals surface area (Å²) in [5.41, 5.74) is 0. The zero-order valence-corrected chi connectivity index (χ0v) is 8.19. The van der Waals surface area contributed by atoms with Crippen LogP contribution in [0.2, 0.25) is 0 Å². The number of rotatable bonds is 1. The Morgan fingerprint density at radius 1 is 1.91 bits per heavy atom. The van der Waals surface area contributed by atoms with Gasteiger partial charge in [0.1, 0.15) is 0 Å². The molecule has 0 saturated heterocycles. The van der Waals surface area contributed by atoms with E-state index in [2.05, 4.69) is 19.7 Å². The Morgan fingerprint density at radius 2 is 2.55 bits per heavy atom. The van der Waals surface area contributed by atoms with Gasteiger partial charge in [-0.2, -0.15) is 3.71 Å². The highest BCUT2D eigenvalue weighted by Crippen LogP contribution is 2.30. The monoisotopic (exact) mass is 193 g/mol. The third-order valence-corrected chi connectivity index (χ3v) is 3.52. The van der Waals surface area contributed by atoms with Gasteiger partial charge < -0.3 is 4.18 Å². The first-order valence-corrected chi connectivity index (χ1v) is 4.90. The highest BCUT2D eigenvalue weighted by molar-refractivity contribution is 8.15. The molecule has 0 aliphatic carbocycles. The lowest BCUT2D eigenvalue weighted by Crippen LogP contribution is -2.07. The van der Waals surface area contributed by atoms with E-state index >= 15 is 0 Å². The van der Waals surface area contributed by atoms with Crippen LogP contribution in [0, 0.1) is 5.92 Å². The summed E-state index contributed by atoms with van der Waals surface area (Å²) in [5.74, 6) is 0.202. The van der Waals surface area contributed by atoms with E-state index in [-0.39, 0.29) is 5.97 Å². The fraction of sp³-hybridized carbons (Fsp3) is 0.667. The van der Waals surface area contributed by atoms with Crippen LogP contribution in [0.1, 0.15) is 13.8 Å². The van der Waals surface area contributed by atoms with Crippen LogP contribution in [-0.2, 0) is 8.98 Å². The molecule has 0 amide bonds. The standard InChI is InChI=1S/C6H11NO2S2/c1-5-3-7(10)11(4-5)9-6(2)8/h4-5,10H,3H2,1-2H3. The highest BCUT2D eigenvalue weighted by Gasteiger charge is 2.19. The zero-order chi connectivity index (χ0) is 8.43. The summed E-state index contributed by atoms with van der Waals surface area (Å²) in [5, 5.41) is 1.99. The quantitative estimate of drug-likeness (QED) is 0.502. The maximum absolute atomic E-state index is 10.6. The Bertz CT molecular complexity index is 205. The van der Waals surface area contributed by atoms with Crippen LogP contribution in [0.3, 0.4) is 0 Å². The molecule has 64 valence electrons. The molecule has 1 rings (SSSR count). The molecule has 5 heteroatoms. The predicted octanol–water partition coefficient (Wildman–Crippen LogP) is 1.25. The van der Waals surface area contributed by atoms with E-state index < -0.39 is 11.0 Å². The summed E-state index contributed by atoms with van der Waals surface area (Å²) >= 11 is 4.16. The minimum atomic E-state index is -0.509. The van der Waals surface area contributed by atoms with Crippen LogP contribution in [0.25, 0.3) is 0 Å². The average molecular weight is 193 g/mol. The van der Waals surface area contributed by atoms with Crippen molar-refractivity contribution in [2.75, 3.05) is 6.54 Å². The summed E-state index contributed by atoms with van der Waals surface area (Å²) in [6.07, 6.45) is 0. The Morgan fingerprint density at radius 3 is 2.91 bits per heavy atom. The van der Waals surface area contributed by atoms with E-state index in [1.165, 1.54) is 6.92 Å². The molecule has 11 heavy (non-hydrogen) atoms. The lowest BCUT2D eigenvalue weighted by Gasteiger charge is -2.11. The Labute approximate surface area is 74.5 Å². The van der Waals surface area contributed by atoms with Crippen molar-refractivity contribution in [3.8, 4) is 0 Å². The molecule has 0 saturated carbocycles. The Balaban J connectivity index is 2.57. The van der Waals surface area contributed by atoms with Crippen molar-refractivity contribution in [2.45, 2.75) is 13.8 Å². The van der Waals surface area contributed by atoms with Gasteiger partial charge in [-0.25, -0.2) is 0 Å². The van der Waals surface area contributed by atoms with E-state index in [1.807, 2.05) is 5.37 Å². The Hall–Kier alpha value is -0.0000000000000000555. The van der Waals surface area contributed by atoms with Crippen molar-refractivity contribution >= 4 is 35.1 Å². The summed E-state index contributed by atoms with van der Waals surface area (Å²) in [7, 11) is -0.509. The van der Waals surface area contributed by atoms with Gasteiger partial charge >= 0.3 is 5.97 Å². The van der Waals surface area contributed by atoms with E-state index in [1.54, 1.807) is 3.71 Å². The van der Waals surface area contributed by atoms with Crippen molar-refractivity contribution in [3.63, 3.8) is 0 Å². The van der Waals surface area contributed by atoms with Crippen molar-refractivity contribution in [2.24, 2.45) is 5.92 Å². The SMILES string of the molecule is CC(=O)OS1=CC(C)CN1S.